The zero-order valence-electron chi connectivity index (χ0n) is 20.5. The van der Waals surface area contributed by atoms with E-state index in [1.807, 2.05) is 18.2 Å². The van der Waals surface area contributed by atoms with Crippen molar-refractivity contribution < 1.29 is 9.59 Å². The molecule has 2 aliphatic heterocycles. The number of nitrogens with zero attached hydrogens (tertiary/aromatic N) is 2. The third-order valence-electron chi connectivity index (χ3n) is 7.16. The van der Waals surface area contributed by atoms with Crippen molar-refractivity contribution in [2.75, 3.05) is 33.2 Å². The molecule has 3 aromatic rings. The summed E-state index contributed by atoms with van der Waals surface area (Å²) < 4.78 is 0. The lowest BCUT2D eigenvalue weighted by atomic mass is 9.90. The van der Waals surface area contributed by atoms with E-state index in [0.717, 1.165) is 12.3 Å². The zero-order chi connectivity index (χ0) is 24.6. The molecule has 35 heavy (non-hydrogen) atoms. The first-order valence-corrected chi connectivity index (χ1v) is 12.5. The van der Waals surface area contributed by atoms with E-state index in [0.29, 0.717) is 24.6 Å². The van der Waals surface area contributed by atoms with Gasteiger partial charge in [-0.2, -0.15) is 0 Å². The van der Waals surface area contributed by atoms with Crippen molar-refractivity contribution in [3.05, 3.63) is 107 Å². The number of primary amides is 1. The second kappa shape index (κ2) is 11.8. The van der Waals surface area contributed by atoms with Crippen molar-refractivity contribution in [2.45, 2.75) is 31.1 Å². The Morgan fingerprint density at radius 1 is 0.686 bits per heavy atom. The molecule has 0 bridgehead atoms. The number of carbonyl (C=O) groups excluding carboxylic acids is 2. The van der Waals surface area contributed by atoms with E-state index in [-0.39, 0.29) is 11.5 Å². The third kappa shape index (κ3) is 6.37. The fourth-order valence-corrected chi connectivity index (χ4v) is 5.06. The Hall–Kier alpha value is -3.44. The lowest BCUT2D eigenvalue weighted by Gasteiger charge is -2.29. The summed E-state index contributed by atoms with van der Waals surface area (Å²) in [5.41, 5.74) is 8.81. The Morgan fingerprint density at radius 2 is 1.17 bits per heavy atom. The lowest BCUT2D eigenvalue weighted by molar-refractivity contribution is 0.0785. The van der Waals surface area contributed by atoms with E-state index >= 15 is 0 Å². The SMILES string of the molecule is CN1CCC(c2ccccc2)CC1.NC(=O)c1ccccc1C(=O)N1CC[C@@H](c2ccccc2)C1. The molecule has 5 nitrogen and oxygen atoms in total. The van der Waals surface area contributed by atoms with Crippen LogP contribution in [0.4, 0.5) is 0 Å². The summed E-state index contributed by atoms with van der Waals surface area (Å²) >= 11 is 0. The molecule has 0 unspecified atom stereocenters. The predicted molar refractivity (Wildman–Crippen MR) is 141 cm³/mol. The number of benzene rings is 3. The van der Waals surface area contributed by atoms with Crippen LogP contribution in [0.5, 0.6) is 0 Å². The molecule has 2 saturated heterocycles. The highest BCUT2D eigenvalue weighted by molar-refractivity contribution is 6.06. The first kappa shape index (κ1) is 24.7. The molecule has 2 N–H and O–H groups in total. The van der Waals surface area contributed by atoms with Gasteiger partial charge < -0.3 is 15.5 Å². The number of rotatable bonds is 4. The molecule has 0 aromatic heterocycles. The summed E-state index contributed by atoms with van der Waals surface area (Å²) in [6, 6.07) is 27.9. The molecule has 2 fully saturated rings. The van der Waals surface area contributed by atoms with Crippen LogP contribution in [0.2, 0.25) is 0 Å². The lowest BCUT2D eigenvalue weighted by Crippen LogP contribution is -2.30. The zero-order valence-corrected chi connectivity index (χ0v) is 20.5. The van der Waals surface area contributed by atoms with Crippen LogP contribution in [0.15, 0.2) is 84.9 Å². The van der Waals surface area contributed by atoms with E-state index in [4.69, 9.17) is 5.73 Å². The van der Waals surface area contributed by atoms with E-state index in [2.05, 4.69) is 54.4 Å². The van der Waals surface area contributed by atoms with Crippen LogP contribution in [0, 0.1) is 0 Å². The topological polar surface area (TPSA) is 66.6 Å². The third-order valence-corrected chi connectivity index (χ3v) is 7.16. The molecule has 2 heterocycles. The molecule has 5 rings (SSSR count). The van der Waals surface area contributed by atoms with Gasteiger partial charge in [-0.3, -0.25) is 9.59 Å². The van der Waals surface area contributed by atoms with E-state index < -0.39 is 5.91 Å². The van der Waals surface area contributed by atoms with E-state index in [9.17, 15) is 9.59 Å². The van der Waals surface area contributed by atoms with Crippen molar-refractivity contribution >= 4 is 11.8 Å². The first-order valence-electron chi connectivity index (χ1n) is 12.5. The Labute approximate surface area is 208 Å². The van der Waals surface area contributed by atoms with Crippen LogP contribution in [-0.2, 0) is 0 Å². The number of likely N-dealkylation sites (tertiary alicyclic amines) is 2. The molecule has 2 aliphatic rings. The number of carbonyl (C=O) groups is 2. The Bertz CT molecular complexity index is 1110. The van der Waals surface area contributed by atoms with Crippen LogP contribution in [0.25, 0.3) is 0 Å². The largest absolute Gasteiger partial charge is 0.366 e. The Balaban J connectivity index is 0.000000189. The molecule has 5 heteroatoms. The summed E-state index contributed by atoms with van der Waals surface area (Å²) in [5.74, 6) is 0.471. The summed E-state index contributed by atoms with van der Waals surface area (Å²) in [6.45, 7) is 3.88. The summed E-state index contributed by atoms with van der Waals surface area (Å²) in [7, 11) is 2.21. The molecule has 182 valence electrons. The Kier molecular flexibility index (Phi) is 8.32. The van der Waals surface area contributed by atoms with E-state index in [1.54, 1.807) is 29.2 Å². The predicted octanol–water partition coefficient (Wildman–Crippen LogP) is 4.91. The number of hydrogen-bond acceptors (Lipinski definition) is 3. The van der Waals surface area contributed by atoms with Gasteiger partial charge in [-0.25, -0.2) is 0 Å². The van der Waals surface area contributed by atoms with Gasteiger partial charge in [0, 0.05) is 19.0 Å². The maximum absolute atomic E-state index is 12.7. The smallest absolute Gasteiger partial charge is 0.254 e. The molecule has 1 atom stereocenters. The highest BCUT2D eigenvalue weighted by atomic mass is 16.2. The fraction of sp³-hybridized carbons (Fsp3) is 0.333. The van der Waals surface area contributed by atoms with Crippen LogP contribution in [-0.4, -0.2) is 54.8 Å². The molecule has 0 saturated carbocycles. The molecule has 0 spiro atoms. The van der Waals surface area contributed by atoms with Crippen LogP contribution < -0.4 is 5.73 Å². The molecular weight excluding hydrogens is 434 g/mol. The molecule has 2 amide bonds. The normalized spacial score (nSPS) is 18.5. The molecule has 0 radical (unpaired) electrons. The first-order chi connectivity index (χ1) is 17.0. The van der Waals surface area contributed by atoms with Gasteiger partial charge in [-0.15, -0.1) is 0 Å². The van der Waals surface area contributed by atoms with Gasteiger partial charge in [0.1, 0.15) is 0 Å². The van der Waals surface area contributed by atoms with Gasteiger partial charge >= 0.3 is 0 Å². The summed E-state index contributed by atoms with van der Waals surface area (Å²) in [4.78, 5) is 28.4. The van der Waals surface area contributed by atoms with Crippen molar-refractivity contribution in [1.29, 1.82) is 0 Å². The van der Waals surface area contributed by atoms with Crippen molar-refractivity contribution in [1.82, 2.24) is 9.80 Å². The minimum atomic E-state index is -0.567. The van der Waals surface area contributed by atoms with Gasteiger partial charge in [0.05, 0.1) is 11.1 Å². The average molecular weight is 470 g/mol. The summed E-state index contributed by atoms with van der Waals surface area (Å²) in [5, 5.41) is 0. The van der Waals surface area contributed by atoms with Crippen LogP contribution >= 0.6 is 0 Å². The molecule has 3 aromatic carbocycles. The number of piperidine rings is 1. The van der Waals surface area contributed by atoms with Crippen molar-refractivity contribution in [3.8, 4) is 0 Å². The second-order valence-corrected chi connectivity index (χ2v) is 9.55. The van der Waals surface area contributed by atoms with Crippen LogP contribution in [0.1, 0.15) is 62.9 Å². The van der Waals surface area contributed by atoms with Crippen molar-refractivity contribution in [2.24, 2.45) is 5.73 Å². The second-order valence-electron chi connectivity index (χ2n) is 9.55. The minimum absolute atomic E-state index is 0.118. The van der Waals surface area contributed by atoms with Gasteiger partial charge in [-0.05, 0) is 68.6 Å². The average Bonchev–Trinajstić information content (AvgIpc) is 3.41. The van der Waals surface area contributed by atoms with Gasteiger partial charge in [0.25, 0.3) is 5.91 Å². The fourth-order valence-electron chi connectivity index (χ4n) is 5.06. The van der Waals surface area contributed by atoms with Gasteiger partial charge in [0.15, 0.2) is 0 Å². The Morgan fingerprint density at radius 3 is 1.74 bits per heavy atom. The number of amides is 2. The van der Waals surface area contributed by atoms with Crippen molar-refractivity contribution in [3.63, 3.8) is 0 Å². The number of nitrogens with two attached hydrogens (primary N) is 1. The maximum Gasteiger partial charge on any atom is 0.254 e. The quantitative estimate of drug-likeness (QED) is 0.590. The highest BCUT2D eigenvalue weighted by Gasteiger charge is 2.29. The van der Waals surface area contributed by atoms with Crippen LogP contribution in [0.3, 0.4) is 0 Å². The van der Waals surface area contributed by atoms with Gasteiger partial charge in [0.2, 0.25) is 5.91 Å². The standard InChI is InChI=1S/C18H18N2O2.C12H17N/c19-17(21)15-8-4-5-9-16(15)18(22)20-11-10-14(12-20)13-6-2-1-3-7-13;1-13-9-7-12(8-10-13)11-5-3-2-4-6-11/h1-9,14H,10-12H2,(H2,19,21);2-6,12H,7-10H2,1H3/t14-;/m1./s1. The highest BCUT2D eigenvalue weighted by Crippen LogP contribution is 2.29. The molecule has 0 aliphatic carbocycles. The maximum atomic E-state index is 12.7. The molecular formula is C30H35N3O2. The monoisotopic (exact) mass is 469 g/mol. The van der Waals surface area contributed by atoms with Gasteiger partial charge in [-0.1, -0.05) is 72.8 Å². The minimum Gasteiger partial charge on any atom is -0.366 e. The number of hydrogen-bond donors (Lipinski definition) is 1. The summed E-state index contributed by atoms with van der Waals surface area (Å²) in [6.07, 6.45) is 3.58. The van der Waals surface area contributed by atoms with E-state index in [1.165, 1.54) is 37.1 Å².